The van der Waals surface area contributed by atoms with E-state index in [1.54, 1.807) is 43.3 Å². The lowest BCUT2D eigenvalue weighted by Crippen LogP contribution is -2.34. The number of nitrogens with zero attached hydrogens (tertiary/aromatic N) is 2. The summed E-state index contributed by atoms with van der Waals surface area (Å²) in [5.41, 5.74) is 4.14. The Bertz CT molecular complexity index is 746. The summed E-state index contributed by atoms with van der Waals surface area (Å²) in [4.78, 5) is 25.6. The van der Waals surface area contributed by atoms with E-state index in [-0.39, 0.29) is 23.4 Å². The van der Waals surface area contributed by atoms with Gasteiger partial charge in [-0.15, -0.1) is 0 Å². The molecule has 2 aromatic carbocycles. The van der Waals surface area contributed by atoms with Crippen LogP contribution in [0.25, 0.3) is 0 Å². The van der Waals surface area contributed by atoms with Crippen LogP contribution in [0.5, 0.6) is 5.75 Å². The van der Waals surface area contributed by atoms with Gasteiger partial charge in [0.1, 0.15) is 11.6 Å². The molecular formula is C16H13N3O3. The molecule has 0 fully saturated rings. The Balaban J connectivity index is 1.82. The number of phenolic OH excluding ortho intramolecular Hbond substituents is 1. The summed E-state index contributed by atoms with van der Waals surface area (Å²) in [6, 6.07) is 13.0. The van der Waals surface area contributed by atoms with Gasteiger partial charge in [-0.05, 0) is 43.3 Å². The van der Waals surface area contributed by atoms with Crippen molar-refractivity contribution in [3.63, 3.8) is 0 Å². The van der Waals surface area contributed by atoms with Gasteiger partial charge in [-0.3, -0.25) is 15.0 Å². The number of phenols is 1. The number of carbonyl (C=O) groups excluding carboxylic acids is 2. The Labute approximate surface area is 126 Å². The number of rotatable bonds is 2. The molecule has 0 bridgehead atoms. The number of benzene rings is 2. The van der Waals surface area contributed by atoms with E-state index in [9.17, 15) is 14.7 Å². The zero-order valence-corrected chi connectivity index (χ0v) is 11.8. The first-order valence-corrected chi connectivity index (χ1v) is 6.65. The molecular weight excluding hydrogens is 282 g/mol. The summed E-state index contributed by atoms with van der Waals surface area (Å²) in [6.45, 7) is 1.58. The summed E-state index contributed by atoms with van der Waals surface area (Å²) in [5.74, 6) is -0.366. The van der Waals surface area contributed by atoms with Gasteiger partial charge in [-0.2, -0.15) is 5.10 Å². The fraction of sp³-hybridized carbons (Fsp3) is 0.0625. The fourth-order valence-corrected chi connectivity index (χ4v) is 2.21. The van der Waals surface area contributed by atoms with Gasteiger partial charge in [0.05, 0.1) is 16.8 Å². The number of aromatic hydroxyl groups is 1. The molecule has 6 nitrogen and oxygen atoms in total. The lowest BCUT2D eigenvalue weighted by atomic mass is 10.1. The van der Waals surface area contributed by atoms with Crippen LogP contribution in [0.4, 0.5) is 5.69 Å². The summed E-state index contributed by atoms with van der Waals surface area (Å²) in [7, 11) is 0. The van der Waals surface area contributed by atoms with E-state index >= 15 is 0 Å². The van der Waals surface area contributed by atoms with Crippen molar-refractivity contribution in [2.45, 2.75) is 6.92 Å². The molecule has 0 unspecified atom stereocenters. The first-order chi connectivity index (χ1) is 10.6. The zero-order valence-electron chi connectivity index (χ0n) is 11.8. The maximum absolute atomic E-state index is 12.3. The molecule has 1 aliphatic heterocycles. The van der Waals surface area contributed by atoms with E-state index in [1.165, 1.54) is 12.1 Å². The van der Waals surface area contributed by atoms with Crippen LogP contribution in [0.1, 0.15) is 27.6 Å². The monoisotopic (exact) mass is 295 g/mol. The van der Waals surface area contributed by atoms with Crippen LogP contribution in [0, 0.1) is 0 Å². The number of hydrogen-bond donors (Lipinski definition) is 2. The van der Waals surface area contributed by atoms with E-state index in [2.05, 4.69) is 10.5 Å². The highest BCUT2D eigenvalue weighted by Crippen LogP contribution is 2.23. The van der Waals surface area contributed by atoms with Crippen molar-refractivity contribution >= 4 is 23.3 Å². The molecule has 0 spiro atoms. The summed E-state index contributed by atoms with van der Waals surface area (Å²) in [6.07, 6.45) is 0. The highest BCUT2D eigenvalue weighted by molar-refractivity contribution is 6.29. The van der Waals surface area contributed by atoms with Crippen molar-refractivity contribution in [2.75, 3.05) is 5.43 Å². The molecule has 0 saturated carbocycles. The predicted molar refractivity (Wildman–Crippen MR) is 81.8 cm³/mol. The molecule has 2 N–H and O–H groups in total. The van der Waals surface area contributed by atoms with E-state index < -0.39 is 0 Å². The van der Waals surface area contributed by atoms with E-state index in [1.807, 2.05) is 0 Å². The average Bonchev–Trinajstić information content (AvgIpc) is 2.79. The van der Waals surface area contributed by atoms with Crippen LogP contribution >= 0.6 is 0 Å². The van der Waals surface area contributed by atoms with Crippen LogP contribution in [0.15, 0.2) is 53.6 Å². The van der Waals surface area contributed by atoms with Gasteiger partial charge < -0.3 is 5.11 Å². The lowest BCUT2D eigenvalue weighted by molar-refractivity contribution is 0.0748. The van der Waals surface area contributed by atoms with Gasteiger partial charge in [-0.25, -0.2) is 4.90 Å². The number of anilines is 1. The maximum atomic E-state index is 12.3. The number of fused-ring (bicyclic) bond motifs is 1. The molecule has 2 aromatic rings. The molecule has 3 rings (SSSR count). The third-order valence-electron chi connectivity index (χ3n) is 3.33. The molecule has 0 radical (unpaired) electrons. The van der Waals surface area contributed by atoms with Crippen molar-refractivity contribution in [3.8, 4) is 5.75 Å². The Morgan fingerprint density at radius 2 is 1.55 bits per heavy atom. The minimum absolute atomic E-state index is 0.145. The average molecular weight is 295 g/mol. The quantitative estimate of drug-likeness (QED) is 0.293. The van der Waals surface area contributed by atoms with Crippen molar-refractivity contribution in [1.29, 1.82) is 0 Å². The summed E-state index contributed by atoms with van der Waals surface area (Å²) >= 11 is 0. The van der Waals surface area contributed by atoms with Crippen LogP contribution in [-0.2, 0) is 0 Å². The molecule has 0 atom stereocenters. The number of carbonyl (C=O) groups is 2. The van der Waals surface area contributed by atoms with Crippen molar-refractivity contribution in [1.82, 2.24) is 4.90 Å². The van der Waals surface area contributed by atoms with Crippen LogP contribution < -0.4 is 5.43 Å². The van der Waals surface area contributed by atoms with Gasteiger partial charge in [0.15, 0.2) is 0 Å². The van der Waals surface area contributed by atoms with Crippen LogP contribution in [-0.4, -0.2) is 27.7 Å². The molecule has 22 heavy (non-hydrogen) atoms. The first kappa shape index (κ1) is 13.8. The second-order valence-corrected chi connectivity index (χ2v) is 4.81. The summed E-state index contributed by atoms with van der Waals surface area (Å²) < 4.78 is 0. The highest BCUT2D eigenvalue weighted by atomic mass is 16.3. The molecule has 0 aromatic heterocycles. The minimum Gasteiger partial charge on any atom is -0.508 e. The van der Waals surface area contributed by atoms with Gasteiger partial charge in [0.2, 0.25) is 0 Å². The molecule has 1 heterocycles. The largest absolute Gasteiger partial charge is 0.508 e. The maximum Gasteiger partial charge on any atom is 0.267 e. The van der Waals surface area contributed by atoms with E-state index in [0.717, 1.165) is 4.90 Å². The fourth-order valence-electron chi connectivity index (χ4n) is 2.21. The molecule has 110 valence electrons. The molecule has 6 heteroatoms. The Kier molecular flexibility index (Phi) is 3.34. The van der Waals surface area contributed by atoms with Crippen molar-refractivity contribution < 1.29 is 14.7 Å². The molecule has 0 aliphatic carbocycles. The van der Waals surface area contributed by atoms with Crippen LogP contribution in [0.3, 0.4) is 0 Å². The normalized spacial score (nSPS) is 14.2. The predicted octanol–water partition coefficient (Wildman–Crippen LogP) is 2.43. The number of hydrogen-bond acceptors (Lipinski definition) is 5. The SMILES string of the molecule is C/C(=N\Nc1ccc(O)cc1)N1C(=O)c2ccccc2C1=O. The number of amides is 2. The van der Waals surface area contributed by atoms with Gasteiger partial charge in [-0.1, -0.05) is 12.1 Å². The second-order valence-electron chi connectivity index (χ2n) is 4.81. The van der Waals surface area contributed by atoms with E-state index in [0.29, 0.717) is 16.8 Å². The minimum atomic E-state index is -0.380. The molecule has 2 amide bonds. The Hall–Kier alpha value is -3.15. The third kappa shape index (κ3) is 2.31. The zero-order chi connectivity index (χ0) is 15.7. The van der Waals surface area contributed by atoms with Crippen LogP contribution in [0.2, 0.25) is 0 Å². The third-order valence-corrected chi connectivity index (χ3v) is 3.33. The lowest BCUT2D eigenvalue weighted by Gasteiger charge is -2.13. The summed E-state index contributed by atoms with van der Waals surface area (Å²) in [5, 5.41) is 13.3. The van der Waals surface area contributed by atoms with Gasteiger partial charge >= 0.3 is 0 Å². The number of imide groups is 1. The molecule has 1 aliphatic rings. The molecule has 0 saturated heterocycles. The van der Waals surface area contributed by atoms with Crippen molar-refractivity contribution in [3.05, 3.63) is 59.7 Å². The Morgan fingerprint density at radius 1 is 1.00 bits per heavy atom. The standard InChI is InChI=1S/C16H13N3O3/c1-10(17-18-11-6-8-12(20)9-7-11)19-15(21)13-4-2-3-5-14(13)16(19)22/h2-9,18,20H,1H3/b17-10+. The number of nitrogens with one attached hydrogen (secondary N) is 1. The smallest absolute Gasteiger partial charge is 0.267 e. The van der Waals surface area contributed by atoms with Crippen molar-refractivity contribution in [2.24, 2.45) is 5.10 Å². The van der Waals surface area contributed by atoms with Gasteiger partial charge in [0.25, 0.3) is 11.8 Å². The number of hydrazone groups is 1. The van der Waals surface area contributed by atoms with E-state index in [4.69, 9.17) is 0 Å². The van der Waals surface area contributed by atoms with Gasteiger partial charge in [0, 0.05) is 0 Å². The topological polar surface area (TPSA) is 82.0 Å². The highest BCUT2D eigenvalue weighted by Gasteiger charge is 2.36. The first-order valence-electron chi connectivity index (χ1n) is 6.65. The Morgan fingerprint density at radius 3 is 2.09 bits per heavy atom. The number of amidine groups is 1. The second kappa shape index (κ2) is 5.33.